The van der Waals surface area contributed by atoms with E-state index in [0.29, 0.717) is 18.0 Å². The number of amides is 1. The highest BCUT2D eigenvalue weighted by atomic mass is 16.1. The van der Waals surface area contributed by atoms with E-state index < -0.39 is 0 Å². The van der Waals surface area contributed by atoms with E-state index in [1.165, 1.54) is 5.56 Å². The molecule has 0 spiro atoms. The molecule has 3 heterocycles. The van der Waals surface area contributed by atoms with E-state index in [1.807, 2.05) is 12.1 Å². The lowest BCUT2D eigenvalue weighted by Crippen LogP contribution is -2.44. The highest BCUT2D eigenvalue weighted by Crippen LogP contribution is 2.17. The molecular weight excluding hydrogens is 410 g/mol. The zero-order valence-electron chi connectivity index (χ0n) is 19.9. The molecule has 6 heteroatoms. The monoisotopic (exact) mass is 445 g/mol. The maximum absolute atomic E-state index is 12.7. The number of benzene rings is 1. The molecule has 0 bridgehead atoms. The summed E-state index contributed by atoms with van der Waals surface area (Å²) in [6.45, 7) is 9.64. The molecule has 1 amide bonds. The fourth-order valence-electron chi connectivity index (χ4n) is 4.39. The van der Waals surface area contributed by atoms with Gasteiger partial charge < -0.3 is 20.0 Å². The average molecular weight is 446 g/mol. The number of rotatable bonds is 5. The molecule has 2 aromatic rings. The summed E-state index contributed by atoms with van der Waals surface area (Å²) >= 11 is 0. The summed E-state index contributed by atoms with van der Waals surface area (Å²) in [7, 11) is 2.14. The highest BCUT2D eigenvalue weighted by Gasteiger charge is 2.19. The lowest BCUT2D eigenvalue weighted by Gasteiger charge is -2.33. The number of carbonyl (C=O) groups excluding carboxylic acids is 1. The first-order chi connectivity index (χ1) is 16.1. The number of aryl methyl sites for hydroxylation is 1. The Balaban J connectivity index is 1.20. The second kappa shape index (κ2) is 11.3. The third-order valence-electron chi connectivity index (χ3n) is 6.69. The Labute approximate surface area is 198 Å². The van der Waals surface area contributed by atoms with Gasteiger partial charge in [0.1, 0.15) is 5.82 Å². The molecule has 0 atom stereocenters. The molecule has 6 nitrogen and oxygen atoms in total. The van der Waals surface area contributed by atoms with Gasteiger partial charge in [-0.25, -0.2) is 4.98 Å². The van der Waals surface area contributed by atoms with Gasteiger partial charge in [-0.05, 0) is 63.7 Å². The van der Waals surface area contributed by atoms with Crippen LogP contribution in [0.25, 0.3) is 0 Å². The van der Waals surface area contributed by atoms with Gasteiger partial charge in [-0.15, -0.1) is 0 Å². The van der Waals surface area contributed by atoms with Crippen LogP contribution in [0.4, 0.5) is 5.82 Å². The fraction of sp³-hybridized carbons (Fsp3) is 0.481. The molecule has 0 unspecified atom stereocenters. The number of anilines is 1. The first-order valence-corrected chi connectivity index (χ1v) is 12.1. The Morgan fingerprint density at radius 2 is 1.85 bits per heavy atom. The molecule has 2 fully saturated rings. The molecule has 0 aliphatic carbocycles. The van der Waals surface area contributed by atoms with E-state index in [2.05, 4.69) is 69.0 Å². The minimum atomic E-state index is -0.0215. The summed E-state index contributed by atoms with van der Waals surface area (Å²) in [5, 5.41) is 3.08. The van der Waals surface area contributed by atoms with Crippen molar-refractivity contribution in [2.75, 3.05) is 64.3 Å². The van der Waals surface area contributed by atoms with Crippen molar-refractivity contribution in [2.24, 2.45) is 5.92 Å². The van der Waals surface area contributed by atoms with Gasteiger partial charge >= 0.3 is 0 Å². The second-order valence-electron chi connectivity index (χ2n) is 9.15. The molecular formula is C27H35N5O. The van der Waals surface area contributed by atoms with Crippen LogP contribution in [-0.4, -0.2) is 80.1 Å². The van der Waals surface area contributed by atoms with Crippen molar-refractivity contribution in [3.05, 3.63) is 59.3 Å². The molecule has 0 saturated carbocycles. The van der Waals surface area contributed by atoms with Crippen LogP contribution in [0.5, 0.6) is 0 Å². The predicted octanol–water partition coefficient (Wildman–Crippen LogP) is 2.64. The maximum Gasteiger partial charge on any atom is 0.251 e. The van der Waals surface area contributed by atoms with Crippen LogP contribution in [-0.2, 0) is 0 Å². The van der Waals surface area contributed by atoms with Crippen molar-refractivity contribution >= 4 is 11.7 Å². The molecule has 1 N–H and O–H groups in total. The van der Waals surface area contributed by atoms with E-state index in [9.17, 15) is 4.79 Å². The van der Waals surface area contributed by atoms with Crippen molar-refractivity contribution in [3.8, 4) is 11.8 Å². The van der Waals surface area contributed by atoms with Gasteiger partial charge in [-0.2, -0.15) is 0 Å². The molecule has 33 heavy (non-hydrogen) atoms. The second-order valence-corrected chi connectivity index (χ2v) is 9.15. The number of likely N-dealkylation sites (N-methyl/N-ethyl adjacent to an activating group) is 1. The number of likely N-dealkylation sites (tertiary alicyclic amines) is 1. The molecule has 2 saturated heterocycles. The van der Waals surface area contributed by atoms with Crippen LogP contribution in [0.1, 0.15) is 34.3 Å². The van der Waals surface area contributed by atoms with Gasteiger partial charge in [0.15, 0.2) is 0 Å². The van der Waals surface area contributed by atoms with Crippen LogP contribution in [0.2, 0.25) is 0 Å². The van der Waals surface area contributed by atoms with Gasteiger partial charge in [0.2, 0.25) is 0 Å². The van der Waals surface area contributed by atoms with Crippen LogP contribution in [0, 0.1) is 24.7 Å². The van der Waals surface area contributed by atoms with E-state index in [4.69, 9.17) is 0 Å². The first-order valence-electron chi connectivity index (χ1n) is 12.1. The Morgan fingerprint density at radius 1 is 1.09 bits per heavy atom. The molecule has 4 rings (SSSR count). The van der Waals surface area contributed by atoms with Crippen molar-refractivity contribution in [1.29, 1.82) is 0 Å². The van der Waals surface area contributed by atoms with Gasteiger partial charge in [0.25, 0.3) is 5.91 Å². The van der Waals surface area contributed by atoms with Gasteiger partial charge in [-0.3, -0.25) is 4.79 Å². The van der Waals surface area contributed by atoms with Crippen LogP contribution in [0.15, 0.2) is 42.6 Å². The number of pyridine rings is 1. The number of nitrogens with zero attached hydrogens (tertiary/aromatic N) is 4. The van der Waals surface area contributed by atoms with Crippen molar-refractivity contribution in [3.63, 3.8) is 0 Å². The lowest BCUT2D eigenvalue weighted by atomic mass is 9.96. The molecule has 2 aliphatic rings. The van der Waals surface area contributed by atoms with Crippen LogP contribution in [0.3, 0.4) is 0 Å². The van der Waals surface area contributed by atoms with Crippen molar-refractivity contribution in [1.82, 2.24) is 20.1 Å². The number of hydrogen-bond acceptors (Lipinski definition) is 5. The summed E-state index contributed by atoms with van der Waals surface area (Å²) in [4.78, 5) is 24.1. The van der Waals surface area contributed by atoms with Gasteiger partial charge in [-0.1, -0.05) is 30.0 Å². The normalized spacial score (nSPS) is 17.9. The van der Waals surface area contributed by atoms with Crippen LogP contribution < -0.4 is 10.2 Å². The largest absolute Gasteiger partial charge is 0.354 e. The minimum absolute atomic E-state index is 0.0215. The topological polar surface area (TPSA) is 51.7 Å². The number of hydrogen-bond donors (Lipinski definition) is 1. The first kappa shape index (κ1) is 23.3. The quantitative estimate of drug-likeness (QED) is 0.717. The Bertz CT molecular complexity index is 995. The maximum atomic E-state index is 12.7. The Morgan fingerprint density at radius 3 is 2.61 bits per heavy atom. The lowest BCUT2D eigenvalue weighted by molar-refractivity contribution is 0.0945. The standard InChI is InChI=1S/C27H35N5O/c1-22-5-3-4-6-24(22)8-7-23-10-14-31(15-11-23)16-13-29-27(33)25-9-12-28-26(21-25)32-19-17-30(2)18-20-32/h3-6,9,12,21,23H,10-11,13-20H2,1-2H3,(H,29,33). The molecule has 174 valence electrons. The van der Waals surface area contributed by atoms with E-state index in [0.717, 1.165) is 70.0 Å². The smallest absolute Gasteiger partial charge is 0.251 e. The molecule has 0 radical (unpaired) electrons. The SMILES string of the molecule is Cc1ccccc1C#CC1CCN(CCNC(=O)c2ccnc(N3CCN(C)CC3)c2)CC1. The molecule has 2 aliphatic heterocycles. The summed E-state index contributed by atoms with van der Waals surface area (Å²) in [6, 6.07) is 12.0. The average Bonchev–Trinajstić information content (AvgIpc) is 2.85. The molecule has 1 aromatic heterocycles. The van der Waals surface area contributed by atoms with Crippen molar-refractivity contribution in [2.45, 2.75) is 19.8 Å². The van der Waals surface area contributed by atoms with Gasteiger partial charge in [0, 0.05) is 62.5 Å². The summed E-state index contributed by atoms with van der Waals surface area (Å²) < 4.78 is 0. The zero-order chi connectivity index (χ0) is 23.0. The fourth-order valence-corrected chi connectivity index (χ4v) is 4.39. The summed E-state index contributed by atoms with van der Waals surface area (Å²) in [6.07, 6.45) is 3.92. The van der Waals surface area contributed by atoms with E-state index in [1.54, 1.807) is 12.3 Å². The van der Waals surface area contributed by atoms with Crippen LogP contribution >= 0.6 is 0 Å². The van der Waals surface area contributed by atoms with E-state index in [-0.39, 0.29) is 5.91 Å². The number of nitrogens with one attached hydrogen (secondary N) is 1. The number of piperidine rings is 1. The molecule has 1 aromatic carbocycles. The third-order valence-corrected chi connectivity index (χ3v) is 6.69. The van der Waals surface area contributed by atoms with E-state index >= 15 is 0 Å². The highest BCUT2D eigenvalue weighted by molar-refractivity contribution is 5.94. The van der Waals surface area contributed by atoms with Gasteiger partial charge in [0.05, 0.1) is 0 Å². The zero-order valence-corrected chi connectivity index (χ0v) is 19.9. The summed E-state index contributed by atoms with van der Waals surface area (Å²) in [5.41, 5.74) is 3.06. The number of piperazine rings is 1. The number of carbonyl (C=O) groups is 1. The Hall–Kier alpha value is -2.88. The predicted molar refractivity (Wildman–Crippen MR) is 134 cm³/mol. The van der Waals surface area contributed by atoms with Crippen molar-refractivity contribution < 1.29 is 4.79 Å². The Kier molecular flexibility index (Phi) is 7.98. The third kappa shape index (κ3) is 6.56. The summed E-state index contributed by atoms with van der Waals surface area (Å²) in [5.74, 6) is 8.17. The number of aromatic nitrogens is 1. The minimum Gasteiger partial charge on any atom is -0.354 e.